The van der Waals surface area contributed by atoms with E-state index in [-0.39, 0.29) is 25.7 Å². The number of hydrogen-bond donors (Lipinski definition) is 0. The zero-order chi connectivity index (χ0) is 33.6. The van der Waals surface area contributed by atoms with Gasteiger partial charge in [-0.25, -0.2) is 4.52 Å². The molecule has 4 aromatic heterocycles. The fourth-order valence-electron chi connectivity index (χ4n) is 5.14. The number of pyridine rings is 3. The summed E-state index contributed by atoms with van der Waals surface area (Å²) >= 11 is 0. The van der Waals surface area contributed by atoms with Crippen LogP contribution in [0.4, 0.5) is 0 Å². The van der Waals surface area contributed by atoms with E-state index in [1.807, 2.05) is 73.8 Å². The zero-order valence-corrected chi connectivity index (χ0v) is 26.8. The van der Waals surface area contributed by atoms with E-state index in [0.29, 0.717) is 11.1 Å². The number of rotatable bonds is 3. The summed E-state index contributed by atoms with van der Waals surface area (Å²) in [6, 6.07) is 35.0. The van der Waals surface area contributed by atoms with Gasteiger partial charge in [-0.2, -0.15) is 5.10 Å². The molecule has 0 aliphatic rings. The predicted octanol–water partition coefficient (Wildman–Crippen LogP) is 9.25. The number of hydrogen-bond acceptors (Lipinski definition) is 3. The molecule has 0 unspecified atom stereocenters. The standard InChI is InChI=1S/C26H24N3.C12H10N.Ir/c1-17-22(18-10-6-5-7-11-18)28-29-24(17)21-13-9-8-12-20(21)23-25(29)19(14-15-27-23)16-26(2,3)4;1-10-7-8-12(13-9-10)11-5-3-2-4-6-11;/h5-11,13-15H,16H2,1-4H3;2-5,7-9H,1H3;/q2*-1;/i16D2;1D3;. The third-order valence-corrected chi connectivity index (χ3v) is 6.91. The number of aromatic nitrogens is 4. The predicted molar refractivity (Wildman–Crippen MR) is 173 cm³/mol. The Hall–Kier alpha value is -4.18. The van der Waals surface area contributed by atoms with Crippen molar-refractivity contribution in [2.75, 3.05) is 0 Å². The first kappa shape index (κ1) is 24.3. The summed E-state index contributed by atoms with van der Waals surface area (Å²) in [6.07, 6.45) is 1.50. The molecule has 4 heterocycles. The molecule has 7 rings (SSSR count). The summed E-state index contributed by atoms with van der Waals surface area (Å²) in [5, 5.41) is 6.92. The van der Waals surface area contributed by atoms with Gasteiger partial charge < -0.3 is 9.97 Å². The summed E-state index contributed by atoms with van der Waals surface area (Å²) in [7, 11) is 0. The van der Waals surface area contributed by atoms with Crippen molar-refractivity contribution in [3.8, 4) is 22.5 Å². The van der Waals surface area contributed by atoms with Gasteiger partial charge in [0.25, 0.3) is 0 Å². The molecule has 3 aromatic carbocycles. The van der Waals surface area contributed by atoms with Crippen LogP contribution in [0, 0.1) is 31.3 Å². The van der Waals surface area contributed by atoms with Crippen molar-refractivity contribution in [3.05, 3.63) is 132 Å². The molecule has 4 nitrogen and oxygen atoms in total. The van der Waals surface area contributed by atoms with E-state index in [1.54, 1.807) is 30.5 Å². The summed E-state index contributed by atoms with van der Waals surface area (Å²) in [5.41, 5.74) is 7.22. The SMILES string of the molecule is [2H]C([2H])([2H])c1ccc(-c2[c-]cccc2)nc1.[2H]C([2H])(c1ccnc2c3[c-]cccc3c3c(C)c(-c4ccccc4)nn3c12)C(C)(C)C.[Ir]. The number of benzene rings is 3. The van der Waals surface area contributed by atoms with Gasteiger partial charge in [0.05, 0.1) is 11.2 Å². The molecule has 0 N–H and O–H groups in total. The van der Waals surface area contributed by atoms with E-state index < -0.39 is 18.6 Å². The normalized spacial score (nSPS) is 13.6. The zero-order valence-electron chi connectivity index (χ0n) is 29.4. The molecule has 5 heteroatoms. The van der Waals surface area contributed by atoms with Crippen molar-refractivity contribution < 1.29 is 27.0 Å². The Balaban J connectivity index is 0.000000224. The van der Waals surface area contributed by atoms with Gasteiger partial charge >= 0.3 is 0 Å². The van der Waals surface area contributed by atoms with Crippen molar-refractivity contribution in [3.63, 3.8) is 0 Å². The van der Waals surface area contributed by atoms with E-state index in [4.69, 9.17) is 12.0 Å². The minimum Gasteiger partial charge on any atom is -0.304 e. The second kappa shape index (κ2) is 12.6. The number of aryl methyl sites for hydroxylation is 2. The third-order valence-electron chi connectivity index (χ3n) is 6.91. The van der Waals surface area contributed by atoms with Crippen molar-refractivity contribution in [2.24, 2.45) is 5.41 Å². The van der Waals surface area contributed by atoms with E-state index in [1.165, 1.54) is 6.20 Å². The van der Waals surface area contributed by atoms with Crippen molar-refractivity contribution in [1.29, 1.82) is 0 Å². The molecule has 43 heavy (non-hydrogen) atoms. The first-order chi connectivity index (χ1) is 22.3. The first-order valence-corrected chi connectivity index (χ1v) is 13.9. The van der Waals surface area contributed by atoms with Crippen LogP contribution in [0.5, 0.6) is 0 Å². The molecule has 0 bridgehead atoms. The van der Waals surface area contributed by atoms with Gasteiger partial charge in [0.2, 0.25) is 0 Å². The maximum Gasteiger partial charge on any atom is 0.0954 e. The van der Waals surface area contributed by atoms with Gasteiger partial charge in [0.1, 0.15) is 0 Å². The van der Waals surface area contributed by atoms with Crippen LogP contribution in [0.1, 0.15) is 44.3 Å². The topological polar surface area (TPSA) is 43.1 Å². The van der Waals surface area contributed by atoms with Crippen LogP contribution in [0.3, 0.4) is 0 Å². The summed E-state index contributed by atoms with van der Waals surface area (Å²) in [4.78, 5) is 8.79. The molecule has 0 spiro atoms. The quantitative estimate of drug-likeness (QED) is 0.134. The Morgan fingerprint density at radius 1 is 0.860 bits per heavy atom. The fraction of sp³-hybridized carbons (Fsp3) is 0.184. The number of fused-ring (bicyclic) bond motifs is 6. The molecule has 0 aliphatic carbocycles. The molecule has 0 aliphatic heterocycles. The maximum absolute atomic E-state index is 9.00. The average molecular weight is 744 g/mol. The first-order valence-electron chi connectivity index (χ1n) is 16.4. The van der Waals surface area contributed by atoms with Gasteiger partial charge in [-0.15, -0.1) is 65.5 Å². The van der Waals surface area contributed by atoms with Crippen LogP contribution in [-0.2, 0) is 26.5 Å². The second-order valence-electron chi connectivity index (χ2n) is 11.2. The minimum absolute atomic E-state index is 0. The monoisotopic (exact) mass is 744 g/mol. The summed E-state index contributed by atoms with van der Waals surface area (Å²) in [6.45, 7) is 5.76. The van der Waals surface area contributed by atoms with E-state index in [0.717, 1.165) is 49.9 Å². The average Bonchev–Trinajstić information content (AvgIpc) is 3.42. The van der Waals surface area contributed by atoms with Gasteiger partial charge in [-0.05, 0) is 54.0 Å². The Kier molecular flexibility index (Phi) is 7.11. The Morgan fingerprint density at radius 3 is 2.35 bits per heavy atom. The molecular weight excluding hydrogens is 705 g/mol. The van der Waals surface area contributed by atoms with Crippen molar-refractivity contribution in [1.82, 2.24) is 19.6 Å². The molecule has 0 amide bonds. The molecule has 217 valence electrons. The van der Waals surface area contributed by atoms with Crippen LogP contribution >= 0.6 is 0 Å². The molecule has 1 radical (unpaired) electrons. The van der Waals surface area contributed by atoms with E-state index >= 15 is 0 Å². The molecule has 0 saturated carbocycles. The van der Waals surface area contributed by atoms with Crippen LogP contribution < -0.4 is 0 Å². The van der Waals surface area contributed by atoms with Gasteiger partial charge in [-0.1, -0.05) is 68.6 Å². The van der Waals surface area contributed by atoms with E-state index in [9.17, 15) is 0 Å². The molecular formula is C38H34IrN4-2. The van der Waals surface area contributed by atoms with Crippen molar-refractivity contribution in [2.45, 2.75) is 40.9 Å². The molecule has 7 aromatic rings. The van der Waals surface area contributed by atoms with Crippen molar-refractivity contribution >= 4 is 27.3 Å². The minimum atomic E-state index is -2.09. The third kappa shape index (κ3) is 6.29. The second-order valence-corrected chi connectivity index (χ2v) is 11.2. The van der Waals surface area contributed by atoms with Gasteiger partial charge in [0, 0.05) is 55.9 Å². The molecule has 0 fully saturated rings. The van der Waals surface area contributed by atoms with Crippen LogP contribution in [0.25, 0.3) is 49.8 Å². The van der Waals surface area contributed by atoms with Crippen LogP contribution in [0.15, 0.2) is 103 Å². The molecule has 0 atom stereocenters. The summed E-state index contributed by atoms with van der Waals surface area (Å²) < 4.78 is 41.6. The fourth-order valence-corrected chi connectivity index (χ4v) is 5.14. The smallest absolute Gasteiger partial charge is 0.0954 e. The number of nitrogens with zero attached hydrogens (tertiary/aromatic N) is 4. The van der Waals surface area contributed by atoms with Crippen LogP contribution in [-0.4, -0.2) is 19.6 Å². The van der Waals surface area contributed by atoms with Gasteiger partial charge in [-0.3, -0.25) is 0 Å². The van der Waals surface area contributed by atoms with E-state index in [2.05, 4.69) is 47.2 Å². The molecule has 0 saturated heterocycles. The maximum atomic E-state index is 9.00. The Bertz CT molecular complexity index is 2190. The summed E-state index contributed by atoms with van der Waals surface area (Å²) in [5.74, 6) is 0. The van der Waals surface area contributed by atoms with Crippen LogP contribution in [0.2, 0.25) is 0 Å². The van der Waals surface area contributed by atoms with Gasteiger partial charge in [0.15, 0.2) is 0 Å². The Morgan fingerprint density at radius 2 is 1.65 bits per heavy atom. The largest absolute Gasteiger partial charge is 0.304 e. The Labute approximate surface area is 274 Å².